The Morgan fingerprint density at radius 1 is 1.00 bits per heavy atom. The maximum atomic E-state index is 12.3. The number of para-hydroxylation sites is 1. The fraction of sp³-hybridized carbons (Fsp3) is 0.333. The average molecular weight is 368 g/mol. The van der Waals surface area contributed by atoms with Gasteiger partial charge in [0.2, 0.25) is 5.91 Å². The third-order valence-electron chi connectivity index (χ3n) is 3.96. The van der Waals surface area contributed by atoms with Gasteiger partial charge >= 0.3 is 6.03 Å². The first-order valence-electron chi connectivity index (χ1n) is 9.21. The van der Waals surface area contributed by atoms with Crippen molar-refractivity contribution < 1.29 is 9.59 Å². The van der Waals surface area contributed by atoms with Gasteiger partial charge in [-0.25, -0.2) is 4.79 Å². The molecule has 6 heteroatoms. The minimum atomic E-state index is -0.230. The Morgan fingerprint density at radius 3 is 2.26 bits per heavy atom. The van der Waals surface area contributed by atoms with Crippen LogP contribution in [-0.2, 0) is 11.3 Å². The van der Waals surface area contributed by atoms with E-state index in [1.54, 1.807) is 0 Å². The van der Waals surface area contributed by atoms with Gasteiger partial charge in [-0.2, -0.15) is 0 Å². The summed E-state index contributed by atoms with van der Waals surface area (Å²) in [6, 6.07) is 17.2. The zero-order valence-electron chi connectivity index (χ0n) is 16.2. The number of anilines is 2. The van der Waals surface area contributed by atoms with E-state index < -0.39 is 0 Å². The number of carbonyl (C=O) groups is 2. The van der Waals surface area contributed by atoms with Crippen molar-refractivity contribution in [2.45, 2.75) is 33.4 Å². The van der Waals surface area contributed by atoms with Crippen LogP contribution in [0.1, 0.15) is 26.3 Å². The molecule has 27 heavy (non-hydrogen) atoms. The van der Waals surface area contributed by atoms with Gasteiger partial charge in [0.05, 0.1) is 6.54 Å². The minimum Gasteiger partial charge on any atom is -0.363 e. The molecule has 2 aromatic rings. The lowest BCUT2D eigenvalue weighted by molar-refractivity contribution is -0.119. The molecule has 0 saturated carbocycles. The molecule has 0 aromatic heterocycles. The number of hydrogen-bond acceptors (Lipinski definition) is 3. The summed E-state index contributed by atoms with van der Waals surface area (Å²) < 4.78 is 0. The van der Waals surface area contributed by atoms with Gasteiger partial charge < -0.3 is 20.9 Å². The Labute approximate surface area is 161 Å². The van der Waals surface area contributed by atoms with Crippen molar-refractivity contribution in [2.24, 2.45) is 0 Å². The van der Waals surface area contributed by atoms with Crippen molar-refractivity contribution in [3.63, 3.8) is 0 Å². The molecule has 0 fully saturated rings. The number of amides is 3. The van der Waals surface area contributed by atoms with E-state index in [0.29, 0.717) is 18.8 Å². The van der Waals surface area contributed by atoms with Crippen molar-refractivity contribution in [2.75, 3.05) is 23.3 Å². The second kappa shape index (κ2) is 10.2. The molecule has 0 atom stereocenters. The Morgan fingerprint density at radius 2 is 1.67 bits per heavy atom. The van der Waals surface area contributed by atoms with E-state index in [1.807, 2.05) is 80.3 Å². The Bertz CT molecular complexity index is 730. The van der Waals surface area contributed by atoms with Crippen LogP contribution >= 0.6 is 0 Å². The molecule has 144 valence electrons. The average Bonchev–Trinajstić information content (AvgIpc) is 2.65. The second-order valence-electron chi connectivity index (χ2n) is 6.58. The SMILES string of the molecule is CCN(CC(=O)NCc1ccc(NC(=O)NC(C)C)cc1)c1ccccc1. The highest BCUT2D eigenvalue weighted by atomic mass is 16.2. The summed E-state index contributed by atoms with van der Waals surface area (Å²) in [5, 5.41) is 8.48. The monoisotopic (exact) mass is 368 g/mol. The summed E-state index contributed by atoms with van der Waals surface area (Å²) in [7, 11) is 0. The maximum Gasteiger partial charge on any atom is 0.319 e. The van der Waals surface area contributed by atoms with Crippen molar-refractivity contribution in [1.29, 1.82) is 0 Å². The first-order valence-corrected chi connectivity index (χ1v) is 9.21. The number of hydrogen-bond donors (Lipinski definition) is 3. The molecule has 0 aliphatic carbocycles. The van der Waals surface area contributed by atoms with Crippen LogP contribution in [0.25, 0.3) is 0 Å². The molecule has 0 spiro atoms. The summed E-state index contributed by atoms with van der Waals surface area (Å²) in [6.07, 6.45) is 0. The molecule has 6 nitrogen and oxygen atoms in total. The normalized spacial score (nSPS) is 10.4. The van der Waals surface area contributed by atoms with Crippen LogP contribution in [-0.4, -0.2) is 31.1 Å². The van der Waals surface area contributed by atoms with Gasteiger partial charge in [0.25, 0.3) is 0 Å². The number of likely N-dealkylation sites (N-methyl/N-ethyl adjacent to an activating group) is 1. The van der Waals surface area contributed by atoms with Gasteiger partial charge in [0.1, 0.15) is 0 Å². The molecular weight excluding hydrogens is 340 g/mol. The summed E-state index contributed by atoms with van der Waals surface area (Å²) >= 11 is 0. The molecule has 0 unspecified atom stereocenters. The highest BCUT2D eigenvalue weighted by molar-refractivity contribution is 5.89. The fourth-order valence-electron chi connectivity index (χ4n) is 2.59. The number of nitrogens with one attached hydrogen (secondary N) is 3. The molecule has 0 bridgehead atoms. The van der Waals surface area contributed by atoms with Gasteiger partial charge in [-0.05, 0) is 50.6 Å². The molecule has 0 radical (unpaired) electrons. The molecule has 0 heterocycles. The van der Waals surface area contributed by atoms with Crippen LogP contribution in [0.15, 0.2) is 54.6 Å². The third-order valence-corrected chi connectivity index (χ3v) is 3.96. The zero-order chi connectivity index (χ0) is 19.6. The number of urea groups is 1. The quantitative estimate of drug-likeness (QED) is 0.669. The Kier molecular flexibility index (Phi) is 7.67. The van der Waals surface area contributed by atoms with E-state index in [0.717, 1.165) is 17.8 Å². The largest absolute Gasteiger partial charge is 0.363 e. The molecule has 3 amide bonds. The second-order valence-corrected chi connectivity index (χ2v) is 6.58. The van der Waals surface area contributed by atoms with Gasteiger partial charge in [0, 0.05) is 30.5 Å². The predicted molar refractivity (Wildman–Crippen MR) is 110 cm³/mol. The number of carbonyl (C=O) groups excluding carboxylic acids is 2. The number of nitrogens with zero attached hydrogens (tertiary/aromatic N) is 1. The number of rotatable bonds is 8. The highest BCUT2D eigenvalue weighted by Gasteiger charge is 2.09. The Hall–Kier alpha value is -3.02. The summed E-state index contributed by atoms with van der Waals surface area (Å²) in [5.41, 5.74) is 2.72. The molecular formula is C21H28N4O2. The fourth-order valence-corrected chi connectivity index (χ4v) is 2.59. The molecule has 0 aliphatic heterocycles. The van der Waals surface area contributed by atoms with Crippen LogP contribution in [0.2, 0.25) is 0 Å². The molecule has 3 N–H and O–H groups in total. The molecule has 0 aliphatic rings. The zero-order valence-corrected chi connectivity index (χ0v) is 16.2. The first-order chi connectivity index (χ1) is 13.0. The lowest BCUT2D eigenvalue weighted by Gasteiger charge is -2.22. The summed E-state index contributed by atoms with van der Waals surface area (Å²) in [4.78, 5) is 26.0. The van der Waals surface area contributed by atoms with Gasteiger partial charge in [0.15, 0.2) is 0 Å². The van der Waals surface area contributed by atoms with Crippen molar-refractivity contribution >= 4 is 23.3 Å². The van der Waals surface area contributed by atoms with Crippen LogP contribution in [0, 0.1) is 0 Å². The highest BCUT2D eigenvalue weighted by Crippen LogP contribution is 2.12. The Balaban J connectivity index is 1.81. The van der Waals surface area contributed by atoms with Gasteiger partial charge in [-0.3, -0.25) is 4.79 Å². The molecule has 2 aromatic carbocycles. The smallest absolute Gasteiger partial charge is 0.319 e. The molecule has 0 saturated heterocycles. The van der Waals surface area contributed by atoms with E-state index in [4.69, 9.17) is 0 Å². The summed E-state index contributed by atoms with van der Waals surface area (Å²) in [5.74, 6) is -0.0285. The topological polar surface area (TPSA) is 73.5 Å². The first kappa shape index (κ1) is 20.3. The van der Waals surface area contributed by atoms with E-state index in [1.165, 1.54) is 0 Å². The van der Waals surface area contributed by atoms with E-state index in [2.05, 4.69) is 16.0 Å². The lowest BCUT2D eigenvalue weighted by atomic mass is 10.2. The van der Waals surface area contributed by atoms with E-state index in [9.17, 15) is 9.59 Å². The molecule has 2 rings (SSSR count). The van der Waals surface area contributed by atoms with Crippen LogP contribution in [0.5, 0.6) is 0 Å². The summed E-state index contributed by atoms with van der Waals surface area (Å²) in [6.45, 7) is 7.36. The lowest BCUT2D eigenvalue weighted by Crippen LogP contribution is -2.37. The van der Waals surface area contributed by atoms with Crippen molar-refractivity contribution in [1.82, 2.24) is 10.6 Å². The third kappa shape index (κ3) is 7.01. The van der Waals surface area contributed by atoms with E-state index in [-0.39, 0.29) is 18.0 Å². The van der Waals surface area contributed by atoms with Crippen LogP contribution in [0.4, 0.5) is 16.2 Å². The van der Waals surface area contributed by atoms with Gasteiger partial charge in [-0.15, -0.1) is 0 Å². The van der Waals surface area contributed by atoms with Crippen LogP contribution < -0.4 is 20.9 Å². The van der Waals surface area contributed by atoms with Crippen molar-refractivity contribution in [3.05, 3.63) is 60.2 Å². The van der Waals surface area contributed by atoms with Crippen molar-refractivity contribution in [3.8, 4) is 0 Å². The van der Waals surface area contributed by atoms with E-state index >= 15 is 0 Å². The minimum absolute atomic E-state index is 0.0285. The maximum absolute atomic E-state index is 12.3. The van der Waals surface area contributed by atoms with Gasteiger partial charge in [-0.1, -0.05) is 30.3 Å². The standard InChI is InChI=1S/C21H28N4O2/c1-4-25(19-8-6-5-7-9-19)15-20(26)22-14-17-10-12-18(13-11-17)24-21(27)23-16(2)3/h5-13,16H,4,14-15H2,1-3H3,(H,22,26)(H2,23,24,27). The van der Waals surface area contributed by atoms with Crippen LogP contribution in [0.3, 0.4) is 0 Å². The number of benzene rings is 2. The predicted octanol–water partition coefficient (Wildman–Crippen LogP) is 3.36.